The van der Waals surface area contributed by atoms with Crippen molar-refractivity contribution in [2.24, 2.45) is 11.8 Å². The van der Waals surface area contributed by atoms with Gasteiger partial charge in [-0.25, -0.2) is 0 Å². The van der Waals surface area contributed by atoms with Gasteiger partial charge in [-0.15, -0.1) is 0 Å². The number of nitrogens with one attached hydrogen (secondary N) is 1. The molecule has 0 spiro atoms. The maximum absolute atomic E-state index is 3.44. The Morgan fingerprint density at radius 3 is 2.92 bits per heavy atom. The van der Waals surface area contributed by atoms with Gasteiger partial charge in [-0.3, -0.25) is 0 Å². The molecule has 0 aromatic heterocycles. The summed E-state index contributed by atoms with van der Waals surface area (Å²) in [4.78, 5) is 2.63. The highest BCUT2D eigenvalue weighted by molar-refractivity contribution is 4.85. The van der Waals surface area contributed by atoms with Crippen molar-refractivity contribution >= 4 is 0 Å². The van der Waals surface area contributed by atoms with Crippen LogP contribution in [0.5, 0.6) is 0 Å². The van der Waals surface area contributed by atoms with Gasteiger partial charge in [0.2, 0.25) is 0 Å². The van der Waals surface area contributed by atoms with E-state index in [1.54, 1.807) is 0 Å². The Bertz CT molecular complexity index is 139. The lowest BCUT2D eigenvalue weighted by atomic mass is 10.3. The van der Waals surface area contributed by atoms with Gasteiger partial charge >= 0.3 is 0 Å². The number of rotatable bonds is 2. The first-order valence-corrected chi connectivity index (χ1v) is 5.29. The van der Waals surface area contributed by atoms with Crippen LogP contribution in [0.1, 0.15) is 19.8 Å². The minimum Gasteiger partial charge on any atom is -0.315 e. The molecule has 0 bridgehead atoms. The number of nitrogens with zero attached hydrogens (tertiary/aromatic N) is 1. The van der Waals surface area contributed by atoms with Crippen molar-refractivity contribution in [3.8, 4) is 0 Å². The van der Waals surface area contributed by atoms with E-state index in [0.717, 1.165) is 11.8 Å². The second kappa shape index (κ2) is 3.75. The molecule has 12 heavy (non-hydrogen) atoms. The third kappa shape index (κ3) is 2.20. The van der Waals surface area contributed by atoms with Gasteiger partial charge in [0.25, 0.3) is 0 Å². The topological polar surface area (TPSA) is 15.3 Å². The molecule has 1 N–H and O–H groups in total. The fourth-order valence-corrected chi connectivity index (χ4v) is 2.07. The molecule has 0 radical (unpaired) electrons. The zero-order chi connectivity index (χ0) is 8.39. The van der Waals surface area contributed by atoms with E-state index >= 15 is 0 Å². The molecule has 1 aliphatic heterocycles. The van der Waals surface area contributed by atoms with Crippen LogP contribution in [0.4, 0.5) is 0 Å². The zero-order valence-electron chi connectivity index (χ0n) is 8.05. The van der Waals surface area contributed by atoms with Gasteiger partial charge in [-0.1, -0.05) is 6.92 Å². The van der Waals surface area contributed by atoms with Gasteiger partial charge < -0.3 is 10.2 Å². The van der Waals surface area contributed by atoms with Crippen molar-refractivity contribution in [2.75, 3.05) is 32.7 Å². The first-order chi connectivity index (χ1) is 5.86. The average molecular weight is 168 g/mol. The number of hydrogen-bond donors (Lipinski definition) is 1. The molecule has 1 saturated carbocycles. The summed E-state index contributed by atoms with van der Waals surface area (Å²) in [6, 6.07) is 0. The van der Waals surface area contributed by atoms with Crippen molar-refractivity contribution in [2.45, 2.75) is 19.8 Å². The molecular formula is C10H20N2. The fraction of sp³-hybridized carbons (Fsp3) is 1.00. The van der Waals surface area contributed by atoms with E-state index in [9.17, 15) is 0 Å². The third-order valence-electron chi connectivity index (χ3n) is 3.20. The quantitative estimate of drug-likeness (QED) is 0.660. The molecule has 1 heterocycles. The summed E-state index contributed by atoms with van der Waals surface area (Å²) in [6.07, 6.45) is 2.81. The summed E-state index contributed by atoms with van der Waals surface area (Å²) < 4.78 is 0. The normalized spacial score (nSPS) is 37.8. The van der Waals surface area contributed by atoms with Gasteiger partial charge in [-0.2, -0.15) is 0 Å². The average Bonchev–Trinajstić information content (AvgIpc) is 2.78. The van der Waals surface area contributed by atoms with Gasteiger partial charge in [0.15, 0.2) is 0 Å². The van der Waals surface area contributed by atoms with Crippen LogP contribution in [0.2, 0.25) is 0 Å². The Kier molecular flexibility index (Phi) is 2.66. The summed E-state index contributed by atoms with van der Waals surface area (Å²) in [5.41, 5.74) is 0. The molecule has 2 rings (SSSR count). The molecule has 0 aromatic carbocycles. The lowest BCUT2D eigenvalue weighted by molar-refractivity contribution is 0.276. The summed E-state index contributed by atoms with van der Waals surface area (Å²) in [7, 11) is 0. The molecule has 1 aliphatic carbocycles. The number of hydrogen-bond acceptors (Lipinski definition) is 2. The van der Waals surface area contributed by atoms with Gasteiger partial charge in [-0.05, 0) is 37.8 Å². The molecular weight excluding hydrogens is 148 g/mol. The van der Waals surface area contributed by atoms with E-state index in [1.165, 1.54) is 45.6 Å². The molecule has 2 heteroatoms. The smallest absolute Gasteiger partial charge is 0.0107 e. The monoisotopic (exact) mass is 168 g/mol. The van der Waals surface area contributed by atoms with E-state index in [2.05, 4.69) is 17.1 Å². The van der Waals surface area contributed by atoms with Crippen molar-refractivity contribution < 1.29 is 0 Å². The van der Waals surface area contributed by atoms with Crippen LogP contribution in [-0.4, -0.2) is 37.6 Å². The summed E-state index contributed by atoms with van der Waals surface area (Å²) in [5, 5.41) is 3.44. The molecule has 0 unspecified atom stereocenters. The predicted molar refractivity (Wildman–Crippen MR) is 51.2 cm³/mol. The van der Waals surface area contributed by atoms with Crippen LogP contribution in [0, 0.1) is 11.8 Å². The highest BCUT2D eigenvalue weighted by atomic mass is 15.2. The maximum Gasteiger partial charge on any atom is 0.0107 e. The zero-order valence-corrected chi connectivity index (χ0v) is 8.05. The van der Waals surface area contributed by atoms with Crippen molar-refractivity contribution in [3.05, 3.63) is 0 Å². The fourth-order valence-electron chi connectivity index (χ4n) is 2.07. The molecule has 70 valence electrons. The summed E-state index contributed by atoms with van der Waals surface area (Å²) >= 11 is 0. The minimum atomic E-state index is 1.02. The largest absolute Gasteiger partial charge is 0.315 e. The van der Waals surface area contributed by atoms with Gasteiger partial charge in [0, 0.05) is 19.6 Å². The van der Waals surface area contributed by atoms with Crippen LogP contribution >= 0.6 is 0 Å². The van der Waals surface area contributed by atoms with Crippen LogP contribution in [-0.2, 0) is 0 Å². The Morgan fingerprint density at radius 1 is 1.33 bits per heavy atom. The minimum absolute atomic E-state index is 1.02. The highest BCUT2D eigenvalue weighted by Gasteiger charge is 2.33. The molecule has 0 aromatic rings. The molecule has 2 nitrogen and oxygen atoms in total. The second-order valence-electron chi connectivity index (χ2n) is 4.38. The Labute approximate surface area is 75.3 Å². The van der Waals surface area contributed by atoms with Crippen molar-refractivity contribution in [1.29, 1.82) is 0 Å². The highest BCUT2D eigenvalue weighted by Crippen LogP contribution is 2.38. The van der Waals surface area contributed by atoms with Gasteiger partial charge in [0.05, 0.1) is 0 Å². The van der Waals surface area contributed by atoms with Crippen molar-refractivity contribution in [3.63, 3.8) is 0 Å². The summed E-state index contributed by atoms with van der Waals surface area (Å²) in [6.45, 7) is 8.74. The second-order valence-corrected chi connectivity index (χ2v) is 4.38. The summed E-state index contributed by atoms with van der Waals surface area (Å²) in [5.74, 6) is 2.05. The van der Waals surface area contributed by atoms with E-state index in [4.69, 9.17) is 0 Å². The molecule has 1 saturated heterocycles. The van der Waals surface area contributed by atoms with E-state index < -0.39 is 0 Å². The lowest BCUT2D eigenvalue weighted by Gasteiger charge is -2.18. The van der Waals surface area contributed by atoms with E-state index in [1.807, 2.05) is 0 Å². The predicted octanol–water partition coefficient (Wildman–Crippen LogP) is 0.938. The van der Waals surface area contributed by atoms with Crippen molar-refractivity contribution in [1.82, 2.24) is 10.2 Å². The first kappa shape index (κ1) is 8.52. The van der Waals surface area contributed by atoms with Crippen LogP contribution in [0.25, 0.3) is 0 Å². The van der Waals surface area contributed by atoms with Gasteiger partial charge in [0.1, 0.15) is 0 Å². The SMILES string of the molecule is C[C@@H]1C[C@@H]1CN1CCCNCC1. The van der Waals surface area contributed by atoms with E-state index in [-0.39, 0.29) is 0 Å². The maximum atomic E-state index is 3.44. The molecule has 2 atom stereocenters. The third-order valence-corrected chi connectivity index (χ3v) is 3.20. The van der Waals surface area contributed by atoms with Crippen LogP contribution < -0.4 is 5.32 Å². The Morgan fingerprint density at radius 2 is 2.17 bits per heavy atom. The standard InChI is InChI=1S/C10H20N2/c1-9-7-10(9)8-12-5-2-3-11-4-6-12/h9-11H,2-8H2,1H3/t9-,10-/m1/s1. The van der Waals surface area contributed by atoms with Crippen LogP contribution in [0.15, 0.2) is 0 Å². The Hall–Kier alpha value is -0.0800. The van der Waals surface area contributed by atoms with E-state index in [0.29, 0.717) is 0 Å². The molecule has 2 aliphatic rings. The lowest BCUT2D eigenvalue weighted by Crippen LogP contribution is -2.30. The Balaban J connectivity index is 1.71. The molecule has 2 fully saturated rings. The van der Waals surface area contributed by atoms with Crippen LogP contribution in [0.3, 0.4) is 0 Å². The first-order valence-electron chi connectivity index (χ1n) is 5.29. The molecule has 0 amide bonds.